The average Bonchev–Trinajstić information content (AvgIpc) is 2.48. The molecule has 1 aromatic heterocycles. The summed E-state index contributed by atoms with van der Waals surface area (Å²) in [6.07, 6.45) is 0. The van der Waals surface area contributed by atoms with Crippen molar-refractivity contribution in [1.29, 1.82) is 0 Å². The number of amides is 1. The first-order valence-corrected chi connectivity index (χ1v) is 4.98. The maximum absolute atomic E-state index is 11.5. The maximum atomic E-state index is 11.5. The van der Waals surface area contributed by atoms with Crippen LogP contribution in [0.5, 0.6) is 0 Å². The molecule has 0 spiro atoms. The minimum absolute atomic E-state index is 0.0504. The first-order chi connectivity index (χ1) is 6.04. The van der Waals surface area contributed by atoms with Crippen LogP contribution >= 0.6 is 11.3 Å². The number of carbonyl (C=O) groups excluding carboxylic acids is 1. The standard InChI is InChI=1S/C9H14N2OS/c1-6-4-5-13-8(6)7(2)9(12)11(3)10/h4-5,7H,10H2,1-3H3. The summed E-state index contributed by atoms with van der Waals surface area (Å²) in [5, 5.41) is 3.13. The number of hydrogen-bond donors (Lipinski definition) is 1. The highest BCUT2D eigenvalue weighted by Crippen LogP contribution is 2.25. The quantitative estimate of drug-likeness (QED) is 0.444. The molecule has 1 aromatic rings. The van der Waals surface area contributed by atoms with E-state index in [1.54, 1.807) is 18.4 Å². The summed E-state index contributed by atoms with van der Waals surface area (Å²) in [4.78, 5) is 12.6. The molecule has 72 valence electrons. The van der Waals surface area contributed by atoms with Gasteiger partial charge in [0.15, 0.2) is 0 Å². The molecular weight excluding hydrogens is 184 g/mol. The third-order valence-electron chi connectivity index (χ3n) is 2.01. The molecule has 1 unspecified atom stereocenters. The van der Waals surface area contributed by atoms with Gasteiger partial charge in [-0.2, -0.15) is 0 Å². The Morgan fingerprint density at radius 3 is 2.69 bits per heavy atom. The van der Waals surface area contributed by atoms with Gasteiger partial charge in [-0.3, -0.25) is 9.80 Å². The molecule has 1 rings (SSSR count). The van der Waals surface area contributed by atoms with Crippen LogP contribution in [-0.4, -0.2) is 18.0 Å². The third kappa shape index (κ3) is 2.08. The fourth-order valence-electron chi connectivity index (χ4n) is 1.25. The summed E-state index contributed by atoms with van der Waals surface area (Å²) < 4.78 is 0. The molecule has 0 aromatic carbocycles. The lowest BCUT2D eigenvalue weighted by Gasteiger charge is -2.15. The molecule has 13 heavy (non-hydrogen) atoms. The maximum Gasteiger partial charge on any atom is 0.244 e. The van der Waals surface area contributed by atoms with E-state index in [1.165, 1.54) is 0 Å². The van der Waals surface area contributed by atoms with E-state index in [2.05, 4.69) is 0 Å². The van der Waals surface area contributed by atoms with Crippen LogP contribution in [0.3, 0.4) is 0 Å². The summed E-state index contributed by atoms with van der Waals surface area (Å²) in [5.74, 6) is 5.20. The summed E-state index contributed by atoms with van der Waals surface area (Å²) in [7, 11) is 1.57. The van der Waals surface area contributed by atoms with Gasteiger partial charge < -0.3 is 0 Å². The second kappa shape index (κ2) is 3.89. The number of hydrogen-bond acceptors (Lipinski definition) is 3. The van der Waals surface area contributed by atoms with Gasteiger partial charge in [0.25, 0.3) is 0 Å². The smallest absolute Gasteiger partial charge is 0.244 e. The molecule has 0 aliphatic carbocycles. The SMILES string of the molecule is Cc1ccsc1C(C)C(=O)N(C)N. The van der Waals surface area contributed by atoms with Gasteiger partial charge in [0.1, 0.15) is 0 Å². The minimum atomic E-state index is -0.130. The van der Waals surface area contributed by atoms with Crippen molar-refractivity contribution < 1.29 is 4.79 Å². The molecule has 0 aliphatic heterocycles. The van der Waals surface area contributed by atoms with Crippen LogP contribution in [0, 0.1) is 6.92 Å². The highest BCUT2D eigenvalue weighted by molar-refractivity contribution is 7.10. The van der Waals surface area contributed by atoms with Crippen LogP contribution in [0.25, 0.3) is 0 Å². The number of aryl methyl sites for hydroxylation is 1. The van der Waals surface area contributed by atoms with Crippen LogP contribution in [0.1, 0.15) is 23.3 Å². The van der Waals surface area contributed by atoms with Gasteiger partial charge in [0.2, 0.25) is 5.91 Å². The predicted molar refractivity (Wildman–Crippen MR) is 54.4 cm³/mol. The molecule has 0 radical (unpaired) electrons. The van der Waals surface area contributed by atoms with Crippen molar-refractivity contribution in [3.8, 4) is 0 Å². The number of thiophene rings is 1. The zero-order valence-corrected chi connectivity index (χ0v) is 8.89. The Bertz CT molecular complexity index is 306. The Labute approximate surface area is 82.1 Å². The van der Waals surface area contributed by atoms with Crippen molar-refractivity contribution in [2.45, 2.75) is 19.8 Å². The monoisotopic (exact) mass is 198 g/mol. The number of nitrogens with zero attached hydrogens (tertiary/aromatic N) is 1. The highest BCUT2D eigenvalue weighted by atomic mass is 32.1. The van der Waals surface area contributed by atoms with Crippen molar-refractivity contribution in [3.63, 3.8) is 0 Å². The number of rotatable bonds is 2. The lowest BCUT2D eigenvalue weighted by molar-refractivity contribution is -0.131. The second-order valence-electron chi connectivity index (χ2n) is 3.14. The molecule has 2 N–H and O–H groups in total. The molecule has 1 heterocycles. The molecule has 0 fully saturated rings. The van der Waals surface area contributed by atoms with Gasteiger partial charge in [0, 0.05) is 11.9 Å². The summed E-state index contributed by atoms with van der Waals surface area (Å²) in [6.45, 7) is 3.89. The van der Waals surface area contributed by atoms with Crippen molar-refractivity contribution in [2.24, 2.45) is 5.84 Å². The Morgan fingerprint density at radius 2 is 2.31 bits per heavy atom. The van der Waals surface area contributed by atoms with E-state index >= 15 is 0 Å². The average molecular weight is 198 g/mol. The van der Waals surface area contributed by atoms with Gasteiger partial charge in [-0.25, -0.2) is 5.84 Å². The van der Waals surface area contributed by atoms with E-state index in [-0.39, 0.29) is 11.8 Å². The molecule has 0 aliphatic rings. The van der Waals surface area contributed by atoms with Crippen molar-refractivity contribution in [3.05, 3.63) is 21.9 Å². The predicted octanol–water partition coefficient (Wildman–Crippen LogP) is 1.49. The normalized spacial score (nSPS) is 12.6. The highest BCUT2D eigenvalue weighted by Gasteiger charge is 2.19. The van der Waals surface area contributed by atoms with Crippen molar-refractivity contribution in [1.82, 2.24) is 5.01 Å². The zero-order valence-electron chi connectivity index (χ0n) is 8.07. The van der Waals surface area contributed by atoms with Gasteiger partial charge >= 0.3 is 0 Å². The first-order valence-electron chi connectivity index (χ1n) is 4.10. The lowest BCUT2D eigenvalue weighted by atomic mass is 10.1. The molecule has 0 bridgehead atoms. The van der Waals surface area contributed by atoms with Gasteiger partial charge in [-0.15, -0.1) is 11.3 Å². The molecule has 0 saturated carbocycles. The number of likely N-dealkylation sites (N-methyl/N-ethyl adjacent to an activating group) is 1. The Kier molecular flexibility index (Phi) is 3.06. The van der Waals surface area contributed by atoms with Crippen LogP contribution < -0.4 is 5.84 Å². The number of hydrazine groups is 1. The van der Waals surface area contributed by atoms with E-state index in [0.29, 0.717) is 0 Å². The molecule has 1 atom stereocenters. The molecule has 1 amide bonds. The summed E-state index contributed by atoms with van der Waals surface area (Å²) in [6, 6.07) is 2.01. The number of carbonyl (C=O) groups is 1. The number of nitrogens with two attached hydrogens (primary N) is 1. The van der Waals surface area contributed by atoms with E-state index in [4.69, 9.17) is 5.84 Å². The van der Waals surface area contributed by atoms with Crippen LogP contribution in [0.15, 0.2) is 11.4 Å². The van der Waals surface area contributed by atoms with Gasteiger partial charge in [-0.05, 0) is 30.9 Å². The minimum Gasteiger partial charge on any atom is -0.283 e. The van der Waals surface area contributed by atoms with Gasteiger partial charge in [-0.1, -0.05) is 0 Å². The Balaban J connectivity index is 2.85. The zero-order chi connectivity index (χ0) is 10.0. The van der Waals surface area contributed by atoms with Crippen LogP contribution in [0.4, 0.5) is 0 Å². The van der Waals surface area contributed by atoms with Gasteiger partial charge in [0.05, 0.1) is 5.92 Å². The van der Waals surface area contributed by atoms with E-state index < -0.39 is 0 Å². The second-order valence-corrected chi connectivity index (χ2v) is 4.09. The largest absolute Gasteiger partial charge is 0.283 e. The Morgan fingerprint density at radius 1 is 1.69 bits per heavy atom. The van der Waals surface area contributed by atoms with Crippen molar-refractivity contribution >= 4 is 17.2 Å². The van der Waals surface area contributed by atoms with E-state index in [1.807, 2.05) is 25.3 Å². The fourth-order valence-corrected chi connectivity index (χ4v) is 2.22. The first kappa shape index (κ1) is 10.2. The molecule has 3 nitrogen and oxygen atoms in total. The van der Waals surface area contributed by atoms with E-state index in [0.717, 1.165) is 15.4 Å². The topological polar surface area (TPSA) is 46.3 Å². The lowest BCUT2D eigenvalue weighted by Crippen LogP contribution is -2.36. The van der Waals surface area contributed by atoms with Crippen molar-refractivity contribution in [2.75, 3.05) is 7.05 Å². The fraction of sp³-hybridized carbons (Fsp3) is 0.444. The summed E-state index contributed by atoms with van der Waals surface area (Å²) in [5.41, 5.74) is 1.16. The van der Waals surface area contributed by atoms with E-state index in [9.17, 15) is 4.79 Å². The Hall–Kier alpha value is -0.870. The molecular formula is C9H14N2OS. The summed E-state index contributed by atoms with van der Waals surface area (Å²) >= 11 is 1.60. The molecule has 4 heteroatoms. The molecule has 0 saturated heterocycles. The van der Waals surface area contributed by atoms with Crippen LogP contribution in [0.2, 0.25) is 0 Å². The third-order valence-corrected chi connectivity index (χ3v) is 3.21. The van der Waals surface area contributed by atoms with Crippen LogP contribution in [-0.2, 0) is 4.79 Å².